The van der Waals surface area contributed by atoms with Gasteiger partial charge in [0.15, 0.2) is 0 Å². The predicted octanol–water partition coefficient (Wildman–Crippen LogP) is 4.14. The normalized spacial score (nSPS) is 48.5. The summed E-state index contributed by atoms with van der Waals surface area (Å²) in [7, 11) is 0. The van der Waals surface area contributed by atoms with E-state index in [9.17, 15) is 23.1 Å². The van der Waals surface area contributed by atoms with Gasteiger partial charge in [0.1, 0.15) is 0 Å². The molecule has 0 radical (unpaired) electrons. The van der Waals surface area contributed by atoms with Crippen LogP contribution in [0.3, 0.4) is 0 Å². The topological polar surface area (TPSA) is 40.5 Å². The lowest BCUT2D eigenvalue weighted by atomic mass is 9.46. The summed E-state index contributed by atoms with van der Waals surface area (Å²) in [5.41, 5.74) is -0.448. The molecule has 3 nitrogen and oxygen atoms in total. The maximum atomic E-state index is 13.1. The van der Waals surface area contributed by atoms with Crippen molar-refractivity contribution >= 4 is 5.91 Å². The number of amides is 1. The van der Waals surface area contributed by atoms with Crippen LogP contribution >= 0.6 is 0 Å². The molecule has 6 heteroatoms. The third-order valence-electron chi connectivity index (χ3n) is 8.76. The van der Waals surface area contributed by atoms with Crippen LogP contribution in [-0.2, 0) is 4.79 Å². The minimum absolute atomic E-state index is 0.178. The van der Waals surface area contributed by atoms with Crippen molar-refractivity contribution in [3.63, 3.8) is 0 Å². The molecule has 0 aromatic rings. The highest BCUT2D eigenvalue weighted by Gasteiger charge is 2.62. The number of aliphatic hydroxyl groups excluding tert-OH is 1. The molecule has 26 heavy (non-hydrogen) atoms. The summed E-state index contributed by atoms with van der Waals surface area (Å²) in [6.45, 7) is 4.49. The Hall–Kier alpha value is -0.780. The quantitative estimate of drug-likeness (QED) is 0.693. The molecule has 148 valence electrons. The van der Waals surface area contributed by atoms with Crippen molar-refractivity contribution in [3.05, 3.63) is 0 Å². The number of carbonyl (C=O) groups excluding carboxylic acids is 1. The molecule has 4 fully saturated rings. The van der Waals surface area contributed by atoms with Gasteiger partial charge in [-0.25, -0.2) is 0 Å². The molecule has 1 saturated heterocycles. The van der Waals surface area contributed by atoms with Crippen LogP contribution in [-0.4, -0.2) is 40.3 Å². The molecule has 7 atom stereocenters. The van der Waals surface area contributed by atoms with E-state index in [-0.39, 0.29) is 24.0 Å². The Balaban J connectivity index is 1.59. The van der Waals surface area contributed by atoms with Gasteiger partial charge in [-0.15, -0.1) is 0 Å². The third-order valence-corrected chi connectivity index (χ3v) is 8.76. The van der Waals surface area contributed by atoms with E-state index >= 15 is 0 Å². The highest BCUT2D eigenvalue weighted by Crippen LogP contribution is 2.63. The molecule has 0 aromatic carbocycles. The zero-order valence-electron chi connectivity index (χ0n) is 15.7. The van der Waals surface area contributed by atoms with Gasteiger partial charge in [0.05, 0.1) is 6.10 Å². The Morgan fingerprint density at radius 3 is 2.46 bits per heavy atom. The molecule has 0 bridgehead atoms. The highest BCUT2D eigenvalue weighted by molar-refractivity contribution is 5.83. The van der Waals surface area contributed by atoms with Gasteiger partial charge >= 0.3 is 12.1 Å². The highest BCUT2D eigenvalue weighted by atomic mass is 19.4. The Morgan fingerprint density at radius 2 is 1.77 bits per heavy atom. The van der Waals surface area contributed by atoms with Crippen molar-refractivity contribution in [1.29, 1.82) is 0 Å². The van der Waals surface area contributed by atoms with Crippen molar-refractivity contribution in [2.24, 2.45) is 29.1 Å². The molecular formula is C20H30F3NO2. The first-order valence-electron chi connectivity index (χ1n) is 10.1. The molecule has 1 N–H and O–H groups in total. The average Bonchev–Trinajstić information content (AvgIpc) is 2.91. The van der Waals surface area contributed by atoms with Crippen LogP contribution in [0.1, 0.15) is 65.2 Å². The first-order valence-corrected chi connectivity index (χ1v) is 10.1. The van der Waals surface area contributed by atoms with E-state index in [0.717, 1.165) is 43.4 Å². The molecule has 4 aliphatic rings. The molecule has 0 aromatic heterocycles. The van der Waals surface area contributed by atoms with E-state index < -0.39 is 17.6 Å². The average molecular weight is 373 g/mol. The van der Waals surface area contributed by atoms with Crippen LogP contribution in [0.5, 0.6) is 0 Å². The number of fused-ring (bicyclic) bond motifs is 5. The summed E-state index contributed by atoms with van der Waals surface area (Å²) in [6.07, 6.45) is 2.14. The van der Waals surface area contributed by atoms with Gasteiger partial charge in [-0.05, 0) is 87.4 Å². The zero-order chi connectivity index (χ0) is 18.9. The number of aliphatic hydroxyl groups is 1. The molecular weight excluding hydrogens is 343 g/mol. The Labute approximate surface area is 153 Å². The fourth-order valence-electron chi connectivity index (χ4n) is 7.41. The number of alkyl halides is 3. The largest absolute Gasteiger partial charge is 0.471 e. The molecule has 3 saturated carbocycles. The van der Waals surface area contributed by atoms with Gasteiger partial charge in [0, 0.05) is 12.1 Å². The van der Waals surface area contributed by atoms with Gasteiger partial charge in [-0.1, -0.05) is 6.92 Å². The van der Waals surface area contributed by atoms with Crippen LogP contribution in [0.15, 0.2) is 0 Å². The van der Waals surface area contributed by atoms with E-state index in [1.54, 1.807) is 0 Å². The van der Waals surface area contributed by atoms with Crippen LogP contribution in [0.4, 0.5) is 13.2 Å². The third kappa shape index (κ3) is 2.54. The summed E-state index contributed by atoms with van der Waals surface area (Å²) >= 11 is 0. The number of hydrogen-bond donors (Lipinski definition) is 1. The van der Waals surface area contributed by atoms with E-state index in [0.29, 0.717) is 30.6 Å². The Morgan fingerprint density at radius 1 is 1.04 bits per heavy atom. The summed E-state index contributed by atoms with van der Waals surface area (Å²) in [6, 6.07) is 0. The lowest BCUT2D eigenvalue weighted by molar-refractivity contribution is -0.193. The molecule has 0 unspecified atom stereocenters. The first-order chi connectivity index (χ1) is 12.1. The molecule has 3 aliphatic carbocycles. The van der Waals surface area contributed by atoms with Crippen LogP contribution in [0.2, 0.25) is 0 Å². The van der Waals surface area contributed by atoms with Gasteiger partial charge in [0.25, 0.3) is 0 Å². The second kappa shape index (κ2) is 5.86. The molecule has 1 heterocycles. The van der Waals surface area contributed by atoms with E-state index in [4.69, 9.17) is 0 Å². The fourth-order valence-corrected chi connectivity index (χ4v) is 7.41. The van der Waals surface area contributed by atoms with E-state index in [1.165, 1.54) is 0 Å². The van der Waals surface area contributed by atoms with Crippen LogP contribution < -0.4 is 0 Å². The van der Waals surface area contributed by atoms with Crippen LogP contribution in [0.25, 0.3) is 0 Å². The molecule has 4 rings (SSSR count). The monoisotopic (exact) mass is 373 g/mol. The molecule has 1 amide bonds. The summed E-state index contributed by atoms with van der Waals surface area (Å²) in [4.78, 5) is 13.1. The smallest absolute Gasteiger partial charge is 0.393 e. The Bertz CT molecular complexity index is 594. The number of likely N-dealkylation sites (tertiary alicyclic amines) is 1. The van der Waals surface area contributed by atoms with Crippen molar-refractivity contribution in [1.82, 2.24) is 4.90 Å². The van der Waals surface area contributed by atoms with Crippen LogP contribution in [0, 0.1) is 29.1 Å². The SMILES string of the molecule is C[C@]12CC[C@@H](O)C[C@@H]1CC[C@@H]1[C@@H]2CC[C@@]2(C)[C@H]1CCN2C(=O)C(F)(F)F. The number of halogens is 3. The molecule has 1 aliphatic heterocycles. The summed E-state index contributed by atoms with van der Waals surface area (Å²) < 4.78 is 39.2. The summed E-state index contributed by atoms with van der Waals surface area (Å²) in [5.74, 6) is -0.00554. The van der Waals surface area contributed by atoms with Crippen molar-refractivity contribution < 1.29 is 23.1 Å². The standard InChI is InChI=1S/C20H30F3NO2/c1-18-8-5-13(25)11-12(18)3-4-14-15(18)6-9-19(2)16(14)7-10-24(19)17(26)20(21,22)23/h12-16,25H,3-11H2,1-2H3/t12-,13+,14+,15-,16-,18-,19-/m0/s1. The first kappa shape index (κ1) is 18.6. The van der Waals surface area contributed by atoms with E-state index in [2.05, 4.69) is 6.92 Å². The summed E-state index contributed by atoms with van der Waals surface area (Å²) in [5, 5.41) is 10.1. The number of hydrogen-bond acceptors (Lipinski definition) is 2. The van der Waals surface area contributed by atoms with Crippen molar-refractivity contribution in [3.8, 4) is 0 Å². The van der Waals surface area contributed by atoms with Gasteiger partial charge in [0.2, 0.25) is 0 Å². The predicted molar refractivity (Wildman–Crippen MR) is 91.2 cm³/mol. The zero-order valence-corrected chi connectivity index (χ0v) is 15.7. The minimum atomic E-state index is -4.78. The fraction of sp³-hybridized carbons (Fsp3) is 0.950. The van der Waals surface area contributed by atoms with Gasteiger partial charge in [-0.2, -0.15) is 13.2 Å². The molecule has 0 spiro atoms. The van der Waals surface area contributed by atoms with Gasteiger partial charge < -0.3 is 10.0 Å². The lowest BCUT2D eigenvalue weighted by Crippen LogP contribution is -2.60. The second-order valence-corrected chi connectivity index (χ2v) is 9.72. The number of nitrogens with zero attached hydrogens (tertiary/aromatic N) is 1. The van der Waals surface area contributed by atoms with Crippen molar-refractivity contribution in [2.45, 2.75) is 83.0 Å². The van der Waals surface area contributed by atoms with Crippen molar-refractivity contribution in [2.75, 3.05) is 6.54 Å². The Kier molecular flexibility index (Phi) is 4.18. The number of rotatable bonds is 0. The maximum Gasteiger partial charge on any atom is 0.471 e. The maximum absolute atomic E-state index is 13.1. The van der Waals surface area contributed by atoms with E-state index in [1.807, 2.05) is 6.92 Å². The number of carbonyl (C=O) groups is 1. The van der Waals surface area contributed by atoms with Gasteiger partial charge in [-0.3, -0.25) is 4.79 Å². The second-order valence-electron chi connectivity index (χ2n) is 9.72. The lowest BCUT2D eigenvalue weighted by Gasteiger charge is -2.60. The minimum Gasteiger partial charge on any atom is -0.393 e.